The van der Waals surface area contributed by atoms with Crippen LogP contribution < -0.4 is 10.9 Å². The van der Waals surface area contributed by atoms with Gasteiger partial charge in [0.1, 0.15) is 4.83 Å². The fourth-order valence-electron chi connectivity index (χ4n) is 3.58. The number of halogens is 1. The molecule has 32 heavy (non-hydrogen) atoms. The summed E-state index contributed by atoms with van der Waals surface area (Å²) in [5.41, 5.74) is 2.62. The lowest BCUT2D eigenvalue weighted by molar-refractivity contribution is -0.119. The maximum absolute atomic E-state index is 13.8. The van der Waals surface area contributed by atoms with Gasteiger partial charge < -0.3 is 5.32 Å². The molecule has 2 heterocycles. The number of rotatable bonds is 6. The molecule has 4 rings (SSSR count). The van der Waals surface area contributed by atoms with Crippen LogP contribution in [0.4, 0.5) is 0 Å². The van der Waals surface area contributed by atoms with E-state index in [1.807, 2.05) is 68.4 Å². The Bertz CT molecular complexity index is 1350. The smallest absolute Gasteiger partial charge is 0.263 e. The van der Waals surface area contributed by atoms with Crippen LogP contribution in [0.25, 0.3) is 21.3 Å². The maximum atomic E-state index is 13.8. The van der Waals surface area contributed by atoms with Gasteiger partial charge >= 0.3 is 0 Å². The Morgan fingerprint density at radius 3 is 2.66 bits per heavy atom. The monoisotopic (exact) mass is 483 g/mol. The molecule has 4 aromatic rings. The SMILES string of the molecule is CNC(=O)C(C)Sc1nc2sc(C)c(-c3cccc(Cl)c3)c2c(=O)n1Cc1ccccc1. The van der Waals surface area contributed by atoms with Gasteiger partial charge in [0.2, 0.25) is 5.91 Å². The van der Waals surface area contributed by atoms with Crippen molar-refractivity contribution in [2.45, 2.75) is 30.8 Å². The number of amides is 1. The fourth-order valence-corrected chi connectivity index (χ4v) is 5.82. The quantitative estimate of drug-likeness (QED) is 0.296. The van der Waals surface area contributed by atoms with Gasteiger partial charge in [-0.1, -0.05) is 65.8 Å². The number of hydrogen-bond donors (Lipinski definition) is 1. The summed E-state index contributed by atoms with van der Waals surface area (Å²) in [6.45, 7) is 4.17. The molecule has 2 aromatic carbocycles. The highest BCUT2D eigenvalue weighted by Crippen LogP contribution is 2.37. The number of carbonyl (C=O) groups excluding carboxylic acids is 1. The lowest BCUT2D eigenvalue weighted by Gasteiger charge is -2.15. The average molecular weight is 484 g/mol. The van der Waals surface area contributed by atoms with E-state index < -0.39 is 0 Å². The summed E-state index contributed by atoms with van der Waals surface area (Å²) in [6.07, 6.45) is 0. The summed E-state index contributed by atoms with van der Waals surface area (Å²) < 4.78 is 1.67. The molecule has 0 aliphatic rings. The number of thioether (sulfide) groups is 1. The number of nitrogens with zero attached hydrogens (tertiary/aromatic N) is 2. The van der Waals surface area contributed by atoms with Crippen molar-refractivity contribution < 1.29 is 4.79 Å². The third-order valence-electron chi connectivity index (χ3n) is 5.15. The first-order valence-electron chi connectivity index (χ1n) is 10.1. The molecule has 0 aliphatic carbocycles. The van der Waals surface area contributed by atoms with E-state index >= 15 is 0 Å². The Balaban J connectivity index is 1.94. The predicted molar refractivity (Wildman–Crippen MR) is 134 cm³/mol. The van der Waals surface area contributed by atoms with Crippen molar-refractivity contribution in [3.05, 3.63) is 80.4 Å². The Morgan fingerprint density at radius 2 is 1.97 bits per heavy atom. The third kappa shape index (κ3) is 4.46. The summed E-state index contributed by atoms with van der Waals surface area (Å²) in [5, 5.41) is 4.00. The standard InChI is InChI=1S/C24H22ClN3O2S2/c1-14-19(17-10-7-11-18(25)12-17)20-22(31-14)27-24(32-15(2)21(29)26-3)28(23(20)30)13-16-8-5-4-6-9-16/h4-12,15H,13H2,1-3H3,(H,26,29). The number of carbonyl (C=O) groups is 1. The summed E-state index contributed by atoms with van der Waals surface area (Å²) in [5.74, 6) is -0.113. The van der Waals surface area contributed by atoms with Crippen molar-refractivity contribution in [3.8, 4) is 11.1 Å². The molecule has 1 amide bonds. The van der Waals surface area contributed by atoms with E-state index in [0.717, 1.165) is 21.6 Å². The van der Waals surface area contributed by atoms with E-state index in [1.165, 1.54) is 23.1 Å². The van der Waals surface area contributed by atoms with Crippen LogP contribution in [0, 0.1) is 6.92 Å². The van der Waals surface area contributed by atoms with E-state index in [-0.39, 0.29) is 16.7 Å². The molecule has 0 fully saturated rings. The summed E-state index contributed by atoms with van der Waals surface area (Å²) >= 11 is 9.01. The zero-order valence-electron chi connectivity index (χ0n) is 17.9. The van der Waals surface area contributed by atoms with Gasteiger partial charge in [-0.2, -0.15) is 0 Å². The second-order valence-electron chi connectivity index (χ2n) is 7.37. The van der Waals surface area contributed by atoms with Crippen molar-refractivity contribution in [3.63, 3.8) is 0 Å². The van der Waals surface area contributed by atoms with Crippen LogP contribution in [-0.2, 0) is 11.3 Å². The average Bonchev–Trinajstić information content (AvgIpc) is 3.12. The van der Waals surface area contributed by atoms with Gasteiger partial charge in [0.25, 0.3) is 5.56 Å². The molecule has 0 bridgehead atoms. The van der Waals surface area contributed by atoms with Crippen LogP contribution in [0.15, 0.2) is 64.5 Å². The first kappa shape index (κ1) is 22.6. The summed E-state index contributed by atoms with van der Waals surface area (Å²) in [4.78, 5) is 32.5. The van der Waals surface area contributed by atoms with E-state index in [4.69, 9.17) is 16.6 Å². The Morgan fingerprint density at radius 1 is 1.22 bits per heavy atom. The van der Waals surface area contributed by atoms with Gasteiger partial charge in [-0.15, -0.1) is 11.3 Å². The van der Waals surface area contributed by atoms with E-state index in [1.54, 1.807) is 11.6 Å². The normalized spacial score (nSPS) is 12.1. The summed E-state index contributed by atoms with van der Waals surface area (Å²) in [6, 6.07) is 17.3. The van der Waals surface area contributed by atoms with Crippen molar-refractivity contribution >= 4 is 50.8 Å². The second-order valence-corrected chi connectivity index (χ2v) is 10.3. The summed E-state index contributed by atoms with van der Waals surface area (Å²) in [7, 11) is 1.60. The maximum Gasteiger partial charge on any atom is 0.263 e. The fraction of sp³-hybridized carbons (Fsp3) is 0.208. The topological polar surface area (TPSA) is 64.0 Å². The number of aryl methyl sites for hydroxylation is 1. The molecule has 0 saturated carbocycles. The molecule has 1 atom stereocenters. The van der Waals surface area contributed by atoms with Crippen LogP contribution in [0.1, 0.15) is 17.4 Å². The molecule has 164 valence electrons. The molecule has 1 unspecified atom stereocenters. The number of benzene rings is 2. The molecular weight excluding hydrogens is 462 g/mol. The van der Waals surface area contributed by atoms with Gasteiger partial charge in [-0.25, -0.2) is 4.98 Å². The minimum atomic E-state index is -0.389. The zero-order valence-corrected chi connectivity index (χ0v) is 20.3. The number of aromatic nitrogens is 2. The van der Waals surface area contributed by atoms with Gasteiger partial charge in [0.15, 0.2) is 5.16 Å². The molecule has 8 heteroatoms. The molecule has 0 aliphatic heterocycles. The van der Waals surface area contributed by atoms with Gasteiger partial charge in [-0.05, 0) is 37.1 Å². The van der Waals surface area contributed by atoms with E-state index in [0.29, 0.717) is 26.9 Å². The van der Waals surface area contributed by atoms with Crippen molar-refractivity contribution in [2.24, 2.45) is 0 Å². The Kier molecular flexibility index (Phi) is 6.69. The number of thiophene rings is 1. The largest absolute Gasteiger partial charge is 0.358 e. The van der Waals surface area contributed by atoms with Gasteiger partial charge in [-0.3, -0.25) is 14.2 Å². The van der Waals surface area contributed by atoms with Crippen LogP contribution in [0.3, 0.4) is 0 Å². The third-order valence-corrected chi connectivity index (χ3v) is 7.47. The van der Waals surface area contributed by atoms with Gasteiger partial charge in [0.05, 0.1) is 17.2 Å². The highest BCUT2D eigenvalue weighted by molar-refractivity contribution is 8.00. The zero-order chi connectivity index (χ0) is 22.8. The Hall–Kier alpha value is -2.61. The van der Waals surface area contributed by atoms with Crippen molar-refractivity contribution in [2.75, 3.05) is 7.05 Å². The van der Waals surface area contributed by atoms with E-state index in [9.17, 15) is 9.59 Å². The highest BCUT2D eigenvalue weighted by Gasteiger charge is 2.23. The molecule has 0 saturated heterocycles. The second kappa shape index (κ2) is 9.48. The molecular formula is C24H22ClN3O2S2. The molecule has 0 spiro atoms. The number of nitrogens with one attached hydrogen (secondary N) is 1. The lowest BCUT2D eigenvalue weighted by atomic mass is 10.0. The highest BCUT2D eigenvalue weighted by atomic mass is 35.5. The van der Waals surface area contributed by atoms with Gasteiger partial charge in [0, 0.05) is 22.5 Å². The van der Waals surface area contributed by atoms with Crippen molar-refractivity contribution in [1.82, 2.24) is 14.9 Å². The van der Waals surface area contributed by atoms with Crippen LogP contribution in [0.5, 0.6) is 0 Å². The molecule has 1 N–H and O–H groups in total. The Labute approximate surface area is 199 Å². The predicted octanol–water partition coefficient (Wildman–Crippen LogP) is 5.36. The number of hydrogen-bond acceptors (Lipinski definition) is 5. The van der Waals surface area contributed by atoms with Crippen LogP contribution >= 0.6 is 34.7 Å². The first-order chi connectivity index (χ1) is 15.4. The first-order valence-corrected chi connectivity index (χ1v) is 12.2. The molecule has 5 nitrogen and oxygen atoms in total. The van der Waals surface area contributed by atoms with Crippen LogP contribution in [-0.4, -0.2) is 27.8 Å². The van der Waals surface area contributed by atoms with Crippen LogP contribution in [0.2, 0.25) is 5.02 Å². The number of fused-ring (bicyclic) bond motifs is 1. The molecule has 2 aromatic heterocycles. The van der Waals surface area contributed by atoms with E-state index in [2.05, 4.69) is 5.32 Å². The minimum absolute atomic E-state index is 0.113. The molecule has 0 radical (unpaired) electrons. The minimum Gasteiger partial charge on any atom is -0.358 e. The lowest BCUT2D eigenvalue weighted by Crippen LogP contribution is -2.29. The van der Waals surface area contributed by atoms with Crippen molar-refractivity contribution in [1.29, 1.82) is 0 Å².